The summed E-state index contributed by atoms with van der Waals surface area (Å²) in [6.07, 6.45) is 12.1. The van der Waals surface area contributed by atoms with Crippen molar-refractivity contribution in [2.45, 2.75) is 57.2 Å². The molecule has 0 bridgehead atoms. The van der Waals surface area contributed by atoms with Crippen LogP contribution in [0.25, 0.3) is 0 Å². The minimum atomic E-state index is 0.691. The minimum Gasteiger partial charge on any atom is -0.314 e. The van der Waals surface area contributed by atoms with Gasteiger partial charge in [0.1, 0.15) is 0 Å². The Hall–Kier alpha value is -0.930. The average Bonchev–Trinajstić information content (AvgIpc) is 2.95. The highest BCUT2D eigenvalue weighted by molar-refractivity contribution is 5.08. The number of nitrogens with zero attached hydrogens (tertiary/aromatic N) is 1. The zero-order valence-electron chi connectivity index (χ0n) is 11.6. The van der Waals surface area contributed by atoms with Gasteiger partial charge in [-0.1, -0.05) is 18.9 Å². The Morgan fingerprint density at radius 2 is 2.21 bits per heavy atom. The highest BCUT2D eigenvalue weighted by atomic mass is 15.0. The summed E-state index contributed by atoms with van der Waals surface area (Å²) >= 11 is 0. The molecule has 3 heteroatoms. The first-order valence-corrected chi connectivity index (χ1v) is 7.79. The van der Waals surface area contributed by atoms with Crippen LogP contribution < -0.4 is 10.6 Å². The van der Waals surface area contributed by atoms with E-state index in [9.17, 15) is 0 Å². The van der Waals surface area contributed by atoms with E-state index in [1.807, 2.05) is 18.5 Å². The number of rotatable bonds is 4. The Kier molecular flexibility index (Phi) is 4.46. The standard InChI is InChI=1S/C16H25N3/c1-2-10-18-15(7-1)14-6-3-8-16(14)19-12-13-5-4-9-17-11-13/h4-5,9,11,14-16,18-19H,1-3,6-8,10,12H2. The van der Waals surface area contributed by atoms with Crippen molar-refractivity contribution in [3.8, 4) is 0 Å². The summed E-state index contributed by atoms with van der Waals surface area (Å²) in [6, 6.07) is 5.62. The second-order valence-electron chi connectivity index (χ2n) is 6.00. The fourth-order valence-electron chi connectivity index (χ4n) is 3.72. The van der Waals surface area contributed by atoms with Gasteiger partial charge in [-0.25, -0.2) is 0 Å². The molecule has 2 heterocycles. The lowest BCUT2D eigenvalue weighted by atomic mass is 9.88. The predicted octanol–water partition coefficient (Wildman–Crippen LogP) is 2.48. The van der Waals surface area contributed by atoms with Crippen LogP contribution in [0.3, 0.4) is 0 Å². The van der Waals surface area contributed by atoms with Gasteiger partial charge in [0.25, 0.3) is 0 Å². The van der Waals surface area contributed by atoms with E-state index in [2.05, 4.69) is 21.7 Å². The SMILES string of the molecule is c1cncc(CNC2CCCC2C2CCCCN2)c1. The van der Waals surface area contributed by atoms with Crippen molar-refractivity contribution in [1.29, 1.82) is 0 Å². The maximum Gasteiger partial charge on any atom is 0.0312 e. The largest absolute Gasteiger partial charge is 0.314 e. The Bertz CT molecular complexity index is 373. The number of hydrogen-bond acceptors (Lipinski definition) is 3. The van der Waals surface area contributed by atoms with E-state index in [1.165, 1.54) is 50.6 Å². The Morgan fingerprint density at radius 1 is 1.21 bits per heavy atom. The number of nitrogens with one attached hydrogen (secondary N) is 2. The van der Waals surface area contributed by atoms with E-state index >= 15 is 0 Å². The zero-order valence-corrected chi connectivity index (χ0v) is 11.6. The van der Waals surface area contributed by atoms with Crippen molar-refractivity contribution < 1.29 is 0 Å². The van der Waals surface area contributed by atoms with E-state index in [0.29, 0.717) is 6.04 Å². The van der Waals surface area contributed by atoms with Crippen molar-refractivity contribution in [3.63, 3.8) is 0 Å². The molecule has 3 unspecified atom stereocenters. The predicted molar refractivity (Wildman–Crippen MR) is 77.8 cm³/mol. The molecule has 0 amide bonds. The van der Waals surface area contributed by atoms with Crippen molar-refractivity contribution in [3.05, 3.63) is 30.1 Å². The summed E-state index contributed by atoms with van der Waals surface area (Å²) in [7, 11) is 0. The Balaban J connectivity index is 1.54. The average molecular weight is 259 g/mol. The van der Waals surface area contributed by atoms with E-state index in [4.69, 9.17) is 0 Å². The summed E-state index contributed by atoms with van der Waals surface area (Å²) in [4.78, 5) is 4.19. The molecule has 1 aliphatic carbocycles. The number of piperidine rings is 1. The van der Waals surface area contributed by atoms with Gasteiger partial charge in [0.15, 0.2) is 0 Å². The smallest absolute Gasteiger partial charge is 0.0312 e. The van der Waals surface area contributed by atoms with Crippen LogP contribution in [0, 0.1) is 5.92 Å². The molecule has 3 rings (SSSR count). The molecular weight excluding hydrogens is 234 g/mol. The summed E-state index contributed by atoms with van der Waals surface area (Å²) in [5.41, 5.74) is 1.30. The van der Waals surface area contributed by atoms with Gasteiger partial charge >= 0.3 is 0 Å². The molecule has 2 N–H and O–H groups in total. The summed E-state index contributed by atoms with van der Waals surface area (Å²) in [6.45, 7) is 2.18. The molecule has 3 atom stereocenters. The second-order valence-corrected chi connectivity index (χ2v) is 6.00. The van der Waals surface area contributed by atoms with E-state index in [0.717, 1.165) is 18.5 Å². The van der Waals surface area contributed by atoms with Crippen LogP contribution >= 0.6 is 0 Å². The lowest BCUT2D eigenvalue weighted by Crippen LogP contribution is -2.46. The molecule has 2 fully saturated rings. The van der Waals surface area contributed by atoms with E-state index in [-0.39, 0.29) is 0 Å². The highest BCUT2D eigenvalue weighted by Gasteiger charge is 2.33. The van der Waals surface area contributed by atoms with Crippen molar-refractivity contribution in [2.75, 3.05) is 6.54 Å². The minimum absolute atomic E-state index is 0.691. The lowest BCUT2D eigenvalue weighted by Gasteiger charge is -2.33. The van der Waals surface area contributed by atoms with Crippen molar-refractivity contribution in [1.82, 2.24) is 15.6 Å². The van der Waals surface area contributed by atoms with Crippen LogP contribution in [0.5, 0.6) is 0 Å². The van der Waals surface area contributed by atoms with Gasteiger partial charge in [0, 0.05) is 31.0 Å². The van der Waals surface area contributed by atoms with Gasteiger partial charge in [0.05, 0.1) is 0 Å². The molecular formula is C16H25N3. The summed E-state index contributed by atoms with van der Waals surface area (Å²) < 4.78 is 0. The normalized spacial score (nSPS) is 31.5. The maximum atomic E-state index is 4.19. The molecule has 1 saturated carbocycles. The molecule has 0 aromatic carbocycles. The highest BCUT2D eigenvalue weighted by Crippen LogP contribution is 2.31. The van der Waals surface area contributed by atoms with E-state index < -0.39 is 0 Å². The molecule has 19 heavy (non-hydrogen) atoms. The number of aromatic nitrogens is 1. The second kappa shape index (κ2) is 6.49. The fourth-order valence-corrected chi connectivity index (χ4v) is 3.72. The monoisotopic (exact) mass is 259 g/mol. The van der Waals surface area contributed by atoms with Gasteiger partial charge in [-0.2, -0.15) is 0 Å². The van der Waals surface area contributed by atoms with Gasteiger partial charge in [-0.05, 0) is 49.8 Å². The topological polar surface area (TPSA) is 37.0 Å². The lowest BCUT2D eigenvalue weighted by molar-refractivity contribution is 0.257. The van der Waals surface area contributed by atoms with Gasteiger partial charge < -0.3 is 10.6 Å². The van der Waals surface area contributed by atoms with Crippen LogP contribution in [-0.4, -0.2) is 23.6 Å². The van der Waals surface area contributed by atoms with Gasteiger partial charge in [-0.3, -0.25) is 4.98 Å². The first-order chi connectivity index (χ1) is 9.43. The molecule has 2 aliphatic rings. The zero-order chi connectivity index (χ0) is 12.9. The van der Waals surface area contributed by atoms with Crippen molar-refractivity contribution in [2.24, 2.45) is 5.92 Å². The molecule has 1 aromatic rings. The molecule has 1 aromatic heterocycles. The molecule has 3 nitrogen and oxygen atoms in total. The molecule has 0 spiro atoms. The summed E-state index contributed by atoms with van der Waals surface area (Å²) in [5, 5.41) is 7.50. The van der Waals surface area contributed by atoms with Crippen LogP contribution in [0.15, 0.2) is 24.5 Å². The van der Waals surface area contributed by atoms with Crippen molar-refractivity contribution >= 4 is 0 Å². The van der Waals surface area contributed by atoms with Crippen LogP contribution in [0.4, 0.5) is 0 Å². The maximum absolute atomic E-state index is 4.19. The molecule has 0 radical (unpaired) electrons. The third-order valence-corrected chi connectivity index (χ3v) is 4.73. The molecule has 104 valence electrons. The summed E-state index contributed by atoms with van der Waals surface area (Å²) in [5.74, 6) is 0.831. The Morgan fingerprint density at radius 3 is 3.00 bits per heavy atom. The first kappa shape index (κ1) is 13.1. The molecule has 1 saturated heterocycles. The fraction of sp³-hybridized carbons (Fsp3) is 0.688. The van der Waals surface area contributed by atoms with Gasteiger partial charge in [-0.15, -0.1) is 0 Å². The van der Waals surface area contributed by atoms with Crippen LogP contribution in [0.2, 0.25) is 0 Å². The quantitative estimate of drug-likeness (QED) is 0.872. The third kappa shape index (κ3) is 3.34. The van der Waals surface area contributed by atoms with Crippen LogP contribution in [0.1, 0.15) is 44.1 Å². The van der Waals surface area contributed by atoms with E-state index in [1.54, 1.807) is 0 Å². The van der Waals surface area contributed by atoms with Gasteiger partial charge in [0.2, 0.25) is 0 Å². The number of hydrogen-bond donors (Lipinski definition) is 2. The Labute approximate surface area is 116 Å². The first-order valence-electron chi connectivity index (χ1n) is 7.79. The third-order valence-electron chi connectivity index (χ3n) is 4.73. The van der Waals surface area contributed by atoms with Crippen LogP contribution in [-0.2, 0) is 6.54 Å². The number of pyridine rings is 1. The molecule has 1 aliphatic heterocycles.